The molecule has 2 aromatic carbocycles. The molecular weight excluding hydrogens is 294 g/mol. The van der Waals surface area contributed by atoms with Gasteiger partial charge in [0.05, 0.1) is 0 Å². The van der Waals surface area contributed by atoms with Crippen molar-refractivity contribution in [2.24, 2.45) is 0 Å². The maximum atomic E-state index is 12.0. The zero-order valence-corrected chi connectivity index (χ0v) is 13.4. The summed E-state index contributed by atoms with van der Waals surface area (Å²) in [6.45, 7) is 5.17. The summed E-state index contributed by atoms with van der Waals surface area (Å²) in [5, 5.41) is 2.70. The van der Waals surface area contributed by atoms with Gasteiger partial charge in [0.2, 0.25) is 0 Å². The van der Waals surface area contributed by atoms with Crippen LogP contribution in [-0.2, 0) is 9.59 Å². The topological polar surface area (TPSA) is 64.6 Å². The first-order valence-corrected chi connectivity index (χ1v) is 7.23. The third kappa shape index (κ3) is 4.85. The lowest BCUT2D eigenvalue weighted by Gasteiger charge is -2.11. The lowest BCUT2D eigenvalue weighted by atomic mass is 10.1. The molecule has 0 aliphatic carbocycles. The molecule has 0 bridgehead atoms. The van der Waals surface area contributed by atoms with E-state index in [0.717, 1.165) is 11.1 Å². The van der Waals surface area contributed by atoms with Crippen LogP contribution in [0.5, 0.6) is 11.5 Å². The molecule has 0 unspecified atom stereocenters. The first kappa shape index (κ1) is 16.5. The molecule has 0 atom stereocenters. The minimum Gasteiger partial charge on any atom is -0.483 e. The van der Waals surface area contributed by atoms with Crippen LogP contribution in [0.3, 0.4) is 0 Å². The third-order valence-electron chi connectivity index (χ3n) is 3.29. The van der Waals surface area contributed by atoms with Crippen LogP contribution in [0.2, 0.25) is 0 Å². The van der Waals surface area contributed by atoms with Gasteiger partial charge in [-0.25, -0.2) is 0 Å². The van der Waals surface area contributed by atoms with Gasteiger partial charge in [0, 0.05) is 18.7 Å². The molecule has 2 aromatic rings. The molecule has 0 saturated carbocycles. The average Bonchev–Trinajstić information content (AvgIpc) is 2.48. The van der Waals surface area contributed by atoms with Crippen molar-refractivity contribution in [2.75, 3.05) is 11.9 Å². The lowest BCUT2D eigenvalue weighted by molar-refractivity contribution is -0.131. The number of hydrogen-bond donors (Lipinski definition) is 1. The molecule has 0 fully saturated rings. The number of anilines is 1. The van der Waals surface area contributed by atoms with Gasteiger partial charge in [0.1, 0.15) is 11.5 Å². The van der Waals surface area contributed by atoms with Gasteiger partial charge in [-0.05, 0) is 43.2 Å². The van der Waals surface area contributed by atoms with E-state index in [4.69, 9.17) is 9.47 Å². The van der Waals surface area contributed by atoms with Crippen molar-refractivity contribution in [2.45, 2.75) is 20.8 Å². The Bertz CT molecular complexity index is 725. The molecule has 1 N–H and O–H groups in total. The fourth-order valence-corrected chi connectivity index (χ4v) is 2.02. The Morgan fingerprint density at radius 3 is 2.57 bits per heavy atom. The Labute approximate surface area is 135 Å². The van der Waals surface area contributed by atoms with Crippen LogP contribution in [0.1, 0.15) is 18.1 Å². The minimum absolute atomic E-state index is 0.0952. The van der Waals surface area contributed by atoms with E-state index in [1.165, 1.54) is 6.92 Å². The molecule has 2 rings (SSSR count). The van der Waals surface area contributed by atoms with Gasteiger partial charge < -0.3 is 14.8 Å². The van der Waals surface area contributed by atoms with Crippen LogP contribution in [0.25, 0.3) is 0 Å². The summed E-state index contributed by atoms with van der Waals surface area (Å²) in [4.78, 5) is 22.9. The van der Waals surface area contributed by atoms with Crippen molar-refractivity contribution in [1.29, 1.82) is 0 Å². The minimum atomic E-state index is -0.410. The van der Waals surface area contributed by atoms with E-state index in [0.29, 0.717) is 17.2 Å². The summed E-state index contributed by atoms with van der Waals surface area (Å²) in [6, 6.07) is 12.3. The summed E-state index contributed by atoms with van der Waals surface area (Å²) in [6.07, 6.45) is 0. The van der Waals surface area contributed by atoms with Gasteiger partial charge in [0.25, 0.3) is 5.91 Å². The second kappa shape index (κ2) is 7.45. The highest BCUT2D eigenvalue weighted by Gasteiger charge is 2.07. The predicted octanol–water partition coefficient (Wildman–Crippen LogP) is 3.25. The van der Waals surface area contributed by atoms with Crippen LogP contribution in [0.15, 0.2) is 42.5 Å². The van der Waals surface area contributed by atoms with E-state index in [1.54, 1.807) is 24.3 Å². The number of ether oxygens (including phenoxy) is 2. The van der Waals surface area contributed by atoms with Crippen LogP contribution in [-0.4, -0.2) is 18.5 Å². The van der Waals surface area contributed by atoms with E-state index < -0.39 is 5.97 Å². The van der Waals surface area contributed by atoms with Crippen molar-refractivity contribution in [3.8, 4) is 11.5 Å². The number of hydrogen-bond acceptors (Lipinski definition) is 4. The zero-order chi connectivity index (χ0) is 16.8. The molecule has 23 heavy (non-hydrogen) atoms. The molecule has 120 valence electrons. The monoisotopic (exact) mass is 313 g/mol. The largest absolute Gasteiger partial charge is 0.483 e. The third-order valence-corrected chi connectivity index (χ3v) is 3.29. The summed E-state index contributed by atoms with van der Waals surface area (Å²) >= 11 is 0. The molecule has 0 heterocycles. The zero-order valence-electron chi connectivity index (χ0n) is 13.4. The van der Waals surface area contributed by atoms with Crippen LogP contribution < -0.4 is 14.8 Å². The highest BCUT2D eigenvalue weighted by atomic mass is 16.5. The van der Waals surface area contributed by atoms with Crippen LogP contribution >= 0.6 is 0 Å². The standard InChI is InChI=1S/C18H19NO4/c1-12-6-4-9-17(13(12)2)22-11-18(21)19-15-7-5-8-16(10-15)23-14(3)20/h4-10H,11H2,1-3H3,(H,19,21). The number of benzene rings is 2. The van der Waals surface area contributed by atoms with Gasteiger partial charge in [-0.15, -0.1) is 0 Å². The number of esters is 1. The maximum Gasteiger partial charge on any atom is 0.308 e. The molecule has 0 aromatic heterocycles. The summed E-state index contributed by atoms with van der Waals surface area (Å²) < 4.78 is 10.5. The Hall–Kier alpha value is -2.82. The van der Waals surface area contributed by atoms with Crippen LogP contribution in [0.4, 0.5) is 5.69 Å². The molecule has 5 nitrogen and oxygen atoms in total. The van der Waals surface area contributed by atoms with E-state index >= 15 is 0 Å². The molecule has 0 spiro atoms. The van der Waals surface area contributed by atoms with E-state index in [9.17, 15) is 9.59 Å². The van der Waals surface area contributed by atoms with Crippen LogP contribution in [0, 0.1) is 13.8 Å². The molecule has 0 radical (unpaired) electrons. The Morgan fingerprint density at radius 2 is 1.83 bits per heavy atom. The number of aryl methyl sites for hydroxylation is 1. The summed E-state index contributed by atoms with van der Waals surface area (Å²) in [5.74, 6) is 0.372. The summed E-state index contributed by atoms with van der Waals surface area (Å²) in [5.41, 5.74) is 2.66. The van der Waals surface area contributed by atoms with Crippen molar-refractivity contribution in [1.82, 2.24) is 0 Å². The number of rotatable bonds is 5. The molecule has 1 amide bonds. The van der Waals surface area contributed by atoms with Gasteiger partial charge in [-0.1, -0.05) is 18.2 Å². The predicted molar refractivity (Wildman–Crippen MR) is 87.8 cm³/mol. The molecular formula is C18H19NO4. The fourth-order valence-electron chi connectivity index (χ4n) is 2.02. The van der Waals surface area contributed by atoms with Crippen molar-refractivity contribution in [3.63, 3.8) is 0 Å². The lowest BCUT2D eigenvalue weighted by Crippen LogP contribution is -2.20. The Morgan fingerprint density at radius 1 is 1.09 bits per heavy atom. The van der Waals surface area contributed by atoms with Crippen molar-refractivity contribution >= 4 is 17.6 Å². The molecule has 0 saturated heterocycles. The normalized spacial score (nSPS) is 10.0. The first-order chi connectivity index (χ1) is 11.0. The van der Waals surface area contributed by atoms with Gasteiger partial charge in [-0.2, -0.15) is 0 Å². The number of amides is 1. The first-order valence-electron chi connectivity index (χ1n) is 7.23. The highest BCUT2D eigenvalue weighted by Crippen LogP contribution is 2.21. The van der Waals surface area contributed by atoms with E-state index in [2.05, 4.69) is 5.32 Å². The number of carbonyl (C=O) groups excluding carboxylic acids is 2. The van der Waals surface area contributed by atoms with E-state index in [-0.39, 0.29) is 12.5 Å². The molecule has 0 aliphatic rings. The smallest absolute Gasteiger partial charge is 0.308 e. The quantitative estimate of drug-likeness (QED) is 0.680. The summed E-state index contributed by atoms with van der Waals surface area (Å²) in [7, 11) is 0. The number of carbonyl (C=O) groups is 2. The van der Waals surface area contributed by atoms with E-state index in [1.807, 2.05) is 32.0 Å². The van der Waals surface area contributed by atoms with Crippen molar-refractivity contribution in [3.05, 3.63) is 53.6 Å². The van der Waals surface area contributed by atoms with Gasteiger partial charge >= 0.3 is 5.97 Å². The molecule has 5 heteroatoms. The second-order valence-corrected chi connectivity index (χ2v) is 5.16. The average molecular weight is 313 g/mol. The molecule has 0 aliphatic heterocycles. The number of nitrogens with one attached hydrogen (secondary N) is 1. The maximum absolute atomic E-state index is 12.0. The SMILES string of the molecule is CC(=O)Oc1cccc(NC(=O)COc2cccc(C)c2C)c1. The highest BCUT2D eigenvalue weighted by molar-refractivity contribution is 5.92. The Kier molecular flexibility index (Phi) is 5.36. The van der Waals surface area contributed by atoms with Gasteiger partial charge in [-0.3, -0.25) is 9.59 Å². The fraction of sp³-hybridized carbons (Fsp3) is 0.222. The van der Waals surface area contributed by atoms with Crippen molar-refractivity contribution < 1.29 is 19.1 Å². The second-order valence-electron chi connectivity index (χ2n) is 5.16. The Balaban J connectivity index is 1.94. The van der Waals surface area contributed by atoms with Gasteiger partial charge in [0.15, 0.2) is 6.61 Å².